The zero-order valence-electron chi connectivity index (χ0n) is 66.4. The van der Waals surface area contributed by atoms with Crippen molar-refractivity contribution >= 4 is 122 Å². The predicted molar refractivity (Wildman–Crippen MR) is 438 cm³/mol. The van der Waals surface area contributed by atoms with Crippen molar-refractivity contribution in [3.05, 3.63) is 145 Å². The summed E-state index contributed by atoms with van der Waals surface area (Å²) in [5.74, 6) is -7.84. The molecule has 0 bridgehead atoms. The summed E-state index contributed by atoms with van der Waals surface area (Å²) in [7, 11) is 1.45. The molecule has 2 aliphatic heterocycles. The maximum Gasteiger partial charge on any atom is 0.336 e. The number of anilines is 1. The molecule has 9 atom stereocenters. The molecular formula is C79H105N19O19S. The Morgan fingerprint density at radius 1 is 0.669 bits per heavy atom. The van der Waals surface area contributed by atoms with E-state index in [0.717, 1.165) is 12.1 Å². The van der Waals surface area contributed by atoms with Gasteiger partial charge in [0.2, 0.25) is 65.0 Å². The van der Waals surface area contributed by atoms with Gasteiger partial charge in [0.1, 0.15) is 77.1 Å². The summed E-state index contributed by atoms with van der Waals surface area (Å²) < 4.78 is 10.6. The standard InChI is InChI=1S/C79H105N19O19S/c1-45(2)96(44-68(101)89-62(38-49-43-86-55-16-7-6-15-53(49)55)73(106)91-58(30-36-118-5)71(104)90-57(70(81)103)17-9-11-32-84-56-29-24-50(97(112)113)41-65(56)98(114)115)76(109)46(3)87-72(105)61(37-47-22-25-51(99)26-23-47)93-75(108)64-21-14-35-95(64)78(111)60(18-8-10-31-80)92-74(107)63-20-13-34-94(63)77(110)59(19-12-33-85-79(82)83)88-67(100)39-48-40-69(102)117-66-42-52(116-4)27-28-54(48)66/h6-7,15-16,22-29,40-43,45-46,57-64,84,86,99H,8-14,17-21,30-39,44,80H2,1-5H3,(H2,81,103)(H,87,105)(H,88,100)(H,89,101)(H,90,104)(H,91,106)(H,92,107)(H,93,108)(H4,82,83,85). The van der Waals surface area contributed by atoms with E-state index in [2.05, 4.69) is 52.8 Å². The van der Waals surface area contributed by atoms with Crippen LogP contribution in [0.5, 0.6) is 11.5 Å². The van der Waals surface area contributed by atoms with Crippen LogP contribution in [0.15, 0.2) is 106 Å². The number of para-hydroxylation sites is 1. The minimum absolute atomic E-state index is 0.0134. The molecule has 39 heteroatoms. The van der Waals surface area contributed by atoms with E-state index in [0.29, 0.717) is 76.6 Å². The molecule has 38 nitrogen and oxygen atoms in total. The molecule has 636 valence electrons. The summed E-state index contributed by atoms with van der Waals surface area (Å²) in [4.78, 5) is 200. The van der Waals surface area contributed by atoms with Crippen LogP contribution in [-0.2, 0) is 72.0 Å². The van der Waals surface area contributed by atoms with Gasteiger partial charge in [0, 0.05) is 85.7 Å². The molecular weight excluding hydrogens is 1550 g/mol. The number of fused-ring (bicyclic) bond motifs is 2. The number of phenolic OH excluding ortho intramolecular Hbond substituents is 1. The normalized spacial score (nSPS) is 15.6. The number of carbonyl (C=O) groups is 11. The molecule has 2 aliphatic rings. The number of hydrogen-bond acceptors (Lipinski definition) is 23. The highest BCUT2D eigenvalue weighted by molar-refractivity contribution is 7.98. The lowest BCUT2D eigenvalue weighted by molar-refractivity contribution is -0.393. The Kier molecular flexibility index (Phi) is 34.0. The summed E-state index contributed by atoms with van der Waals surface area (Å²) in [6.07, 6.45) is 5.60. The number of rotatable bonds is 45. The van der Waals surface area contributed by atoms with Gasteiger partial charge < -0.3 is 99.0 Å². The second kappa shape index (κ2) is 44.1. The largest absolute Gasteiger partial charge is 0.508 e. The number of aromatic amines is 1. The molecule has 0 aliphatic carbocycles. The number of nitro benzene ring substituents is 2. The third-order valence-corrected chi connectivity index (χ3v) is 21.1. The lowest BCUT2D eigenvalue weighted by Gasteiger charge is -2.32. The molecule has 0 radical (unpaired) electrons. The Balaban J connectivity index is 0.933. The van der Waals surface area contributed by atoms with Crippen LogP contribution in [0.25, 0.3) is 21.9 Å². The Morgan fingerprint density at radius 2 is 1.28 bits per heavy atom. The highest BCUT2D eigenvalue weighted by Crippen LogP contribution is 2.31. The minimum atomic E-state index is -1.44. The first-order valence-electron chi connectivity index (χ1n) is 39.1. The number of hydrogen-bond donors (Lipinski definition) is 15. The Morgan fingerprint density at radius 3 is 1.92 bits per heavy atom. The number of aromatic hydroxyl groups is 1. The number of amides is 11. The number of nitro groups is 2. The van der Waals surface area contributed by atoms with E-state index < -0.39 is 159 Å². The van der Waals surface area contributed by atoms with Gasteiger partial charge in [0.25, 0.3) is 11.4 Å². The molecule has 2 saturated heterocycles. The number of carbonyl (C=O) groups excluding carboxylic acids is 11. The molecule has 4 heterocycles. The number of thioether (sulfide) groups is 1. The average Bonchev–Trinajstić information content (AvgIpc) is 1.29. The number of ether oxygens (including phenoxy) is 1. The molecule has 4 aromatic carbocycles. The van der Waals surface area contributed by atoms with Gasteiger partial charge in [-0.3, -0.25) is 78.4 Å². The van der Waals surface area contributed by atoms with Gasteiger partial charge in [-0.25, -0.2) is 4.79 Å². The molecule has 18 N–H and O–H groups in total. The van der Waals surface area contributed by atoms with Crippen LogP contribution in [0.4, 0.5) is 17.1 Å². The predicted octanol–water partition coefficient (Wildman–Crippen LogP) is 2.38. The van der Waals surface area contributed by atoms with Crippen LogP contribution in [0, 0.1) is 25.6 Å². The van der Waals surface area contributed by atoms with Crippen LogP contribution in [0.2, 0.25) is 0 Å². The molecule has 118 heavy (non-hydrogen) atoms. The Hall–Kier alpha value is -12.4. The van der Waals surface area contributed by atoms with E-state index in [1.807, 2.05) is 6.07 Å². The van der Waals surface area contributed by atoms with E-state index in [9.17, 15) is 78.1 Å². The lowest BCUT2D eigenvalue weighted by Crippen LogP contribution is -2.60. The second-order valence-corrected chi connectivity index (χ2v) is 30.3. The van der Waals surface area contributed by atoms with E-state index in [4.69, 9.17) is 31.8 Å². The molecule has 9 unspecified atom stereocenters. The first kappa shape index (κ1) is 91.1. The zero-order valence-corrected chi connectivity index (χ0v) is 67.3. The molecule has 2 fully saturated rings. The van der Waals surface area contributed by atoms with Crippen molar-refractivity contribution in [3.63, 3.8) is 0 Å². The fourth-order valence-corrected chi connectivity index (χ4v) is 14.8. The van der Waals surface area contributed by atoms with Gasteiger partial charge in [-0.15, -0.1) is 0 Å². The number of unbranched alkanes of at least 4 members (excludes halogenated alkanes) is 2. The number of primary amides is 1. The van der Waals surface area contributed by atoms with Crippen molar-refractivity contribution in [2.45, 2.75) is 184 Å². The number of guanidine groups is 1. The summed E-state index contributed by atoms with van der Waals surface area (Å²) in [5.41, 5.74) is 17.8. The maximum atomic E-state index is 15.0. The van der Waals surface area contributed by atoms with Crippen molar-refractivity contribution in [2.75, 3.05) is 63.7 Å². The Labute approximate surface area is 683 Å². The van der Waals surface area contributed by atoms with E-state index in [1.165, 1.54) is 83.0 Å². The number of H-pyrrole nitrogens is 1. The van der Waals surface area contributed by atoms with Gasteiger partial charge in [0.05, 0.1) is 36.0 Å². The summed E-state index contributed by atoms with van der Waals surface area (Å²) in [5, 5.41) is 66.8. The third-order valence-electron chi connectivity index (χ3n) is 20.5. The van der Waals surface area contributed by atoms with E-state index in [1.54, 1.807) is 56.6 Å². The van der Waals surface area contributed by atoms with Crippen molar-refractivity contribution < 1.29 is 76.8 Å². The van der Waals surface area contributed by atoms with Gasteiger partial charge in [0.15, 0.2) is 5.96 Å². The van der Waals surface area contributed by atoms with Crippen LogP contribution in [0.1, 0.15) is 121 Å². The quantitative estimate of drug-likeness (QED) is 0.00651. The number of benzene rings is 4. The monoisotopic (exact) mass is 1660 g/mol. The van der Waals surface area contributed by atoms with Crippen molar-refractivity contribution in [1.29, 1.82) is 5.41 Å². The van der Waals surface area contributed by atoms with Gasteiger partial charge in [-0.2, -0.15) is 11.8 Å². The first-order valence-corrected chi connectivity index (χ1v) is 40.5. The third kappa shape index (κ3) is 25.8. The average molecular weight is 1660 g/mol. The molecule has 6 aromatic rings. The zero-order chi connectivity index (χ0) is 85.9. The molecule has 11 amide bonds. The Bertz CT molecular complexity index is 4680. The topological polar surface area (TPSA) is 569 Å². The van der Waals surface area contributed by atoms with Crippen molar-refractivity contribution in [1.82, 2.24) is 62.2 Å². The first-order chi connectivity index (χ1) is 56.4. The van der Waals surface area contributed by atoms with Crippen LogP contribution < -0.4 is 75.4 Å². The number of phenols is 1. The van der Waals surface area contributed by atoms with Crippen LogP contribution in [-0.4, -0.2) is 224 Å². The molecule has 8 rings (SSSR count). The summed E-state index contributed by atoms with van der Waals surface area (Å²) in [6, 6.07) is 9.90. The SMILES string of the molecule is COc1ccc2c(CC(=O)NC(CCCNC(=N)N)C(=O)N3CCCC3C(=O)NC(CCCCN)C(=O)N3CCCC3C(=O)NC(Cc3ccc(O)cc3)C(=O)NC(C)C(=O)N(CC(=O)NC(Cc3c[nH]c4ccccc34)C(=O)NC(CCSC)C(=O)NC(CCCCNc3ccc([N+](=O)[O-])cc3[N+](=O)[O-])C(N)=O)C(C)C)cc(=O)oc2c1. The van der Waals surface area contributed by atoms with Gasteiger partial charge in [-0.05, 0) is 176 Å². The van der Waals surface area contributed by atoms with E-state index >= 15 is 4.79 Å². The van der Waals surface area contributed by atoms with Crippen LogP contribution >= 0.6 is 11.8 Å². The maximum absolute atomic E-state index is 15.0. The van der Waals surface area contributed by atoms with Crippen molar-refractivity contribution in [3.8, 4) is 11.5 Å². The number of aromatic nitrogens is 1. The fourth-order valence-electron chi connectivity index (χ4n) is 14.3. The minimum Gasteiger partial charge on any atom is -0.508 e. The molecule has 2 aromatic heterocycles. The number of methoxy groups -OCH3 is 1. The van der Waals surface area contributed by atoms with Gasteiger partial charge in [-0.1, -0.05) is 30.3 Å². The number of nitrogens with one attached hydrogen (secondary N) is 11. The highest BCUT2D eigenvalue weighted by atomic mass is 32.2. The number of nitrogens with two attached hydrogens (primary N) is 3. The smallest absolute Gasteiger partial charge is 0.336 e. The molecule has 0 spiro atoms. The van der Waals surface area contributed by atoms with Crippen molar-refractivity contribution in [2.24, 2.45) is 17.2 Å². The van der Waals surface area contributed by atoms with E-state index in [-0.39, 0.29) is 126 Å². The fraction of sp³-hybridized carbons (Fsp3) is 0.481. The van der Waals surface area contributed by atoms with Crippen LogP contribution in [0.3, 0.4) is 0 Å². The van der Waals surface area contributed by atoms with Gasteiger partial charge >= 0.3 is 5.63 Å². The number of non-ortho nitro benzene ring substituents is 1. The second-order valence-electron chi connectivity index (χ2n) is 29.3. The lowest BCUT2D eigenvalue weighted by atomic mass is 10.0. The summed E-state index contributed by atoms with van der Waals surface area (Å²) in [6.45, 7) is 4.68. The molecule has 0 saturated carbocycles. The number of likely N-dealkylation sites (tertiary alicyclic amines) is 2. The number of nitrogens with zero attached hydrogens (tertiary/aromatic N) is 5. The summed E-state index contributed by atoms with van der Waals surface area (Å²) >= 11 is 1.36. The highest BCUT2D eigenvalue weighted by Gasteiger charge is 2.43.